The first kappa shape index (κ1) is 24.7. The lowest BCUT2D eigenvalue weighted by Gasteiger charge is -2.13. The summed E-state index contributed by atoms with van der Waals surface area (Å²) in [6.45, 7) is 0.290. The molecule has 4 aromatic rings. The molecular formula is C23H13F7N4O2. The van der Waals surface area contributed by atoms with Gasteiger partial charge in [-0.25, -0.2) is 17.6 Å². The number of benzene rings is 3. The second-order valence-corrected chi connectivity index (χ2v) is 7.53. The van der Waals surface area contributed by atoms with Gasteiger partial charge >= 0.3 is 6.18 Å². The average Bonchev–Trinajstić information content (AvgIpc) is 3.17. The first-order valence-electron chi connectivity index (χ1n) is 10.0. The molecule has 0 fully saturated rings. The molecule has 0 radical (unpaired) electrons. The van der Waals surface area contributed by atoms with E-state index in [9.17, 15) is 40.8 Å². The fraction of sp³-hybridized carbons (Fsp3) is 0.0870. The minimum Gasteiger partial charge on any atom is -0.342 e. The van der Waals surface area contributed by atoms with Crippen molar-refractivity contribution in [3.05, 3.63) is 105 Å². The van der Waals surface area contributed by atoms with Crippen LogP contribution >= 0.6 is 0 Å². The van der Waals surface area contributed by atoms with E-state index in [2.05, 4.69) is 5.10 Å². The quantitative estimate of drug-likeness (QED) is 0.104. The highest BCUT2D eigenvalue weighted by Gasteiger charge is 2.42. The Hall–Kier alpha value is -4.42. The number of hydrogen-bond acceptors (Lipinski definition) is 4. The van der Waals surface area contributed by atoms with E-state index in [1.54, 1.807) is 52.6 Å². The van der Waals surface area contributed by atoms with Crippen LogP contribution in [0.25, 0.3) is 10.9 Å². The van der Waals surface area contributed by atoms with Crippen LogP contribution in [0.1, 0.15) is 16.7 Å². The molecule has 0 aliphatic heterocycles. The Morgan fingerprint density at radius 3 is 2.14 bits per heavy atom. The van der Waals surface area contributed by atoms with E-state index in [0.29, 0.717) is 23.0 Å². The second kappa shape index (κ2) is 9.32. The summed E-state index contributed by atoms with van der Waals surface area (Å²) in [6.07, 6.45) is -2.98. The normalized spacial score (nSPS) is 12.0. The van der Waals surface area contributed by atoms with Crippen LogP contribution in [0.2, 0.25) is 0 Å². The lowest BCUT2D eigenvalue weighted by Crippen LogP contribution is -2.16. The Bertz CT molecular complexity index is 1470. The van der Waals surface area contributed by atoms with Gasteiger partial charge in [0.15, 0.2) is 23.3 Å². The summed E-state index contributed by atoms with van der Waals surface area (Å²) < 4.78 is 95.7. The van der Waals surface area contributed by atoms with Crippen LogP contribution < -0.4 is 5.43 Å². The smallest absolute Gasteiger partial charge is 0.342 e. The van der Waals surface area contributed by atoms with Crippen molar-refractivity contribution in [2.45, 2.75) is 12.7 Å². The molecule has 36 heavy (non-hydrogen) atoms. The zero-order chi connectivity index (χ0) is 26.2. The highest BCUT2D eigenvalue weighted by molar-refractivity contribution is 5.99. The van der Waals surface area contributed by atoms with Gasteiger partial charge in [-0.2, -0.15) is 18.3 Å². The molecule has 0 saturated heterocycles. The molecular weight excluding hydrogens is 497 g/mol. The van der Waals surface area contributed by atoms with Crippen LogP contribution in [0.3, 0.4) is 0 Å². The van der Waals surface area contributed by atoms with Crippen LogP contribution in [0.4, 0.5) is 42.1 Å². The van der Waals surface area contributed by atoms with Crippen molar-refractivity contribution in [3.8, 4) is 0 Å². The molecule has 0 atom stereocenters. The number of aromatic nitrogens is 1. The molecule has 6 nitrogen and oxygen atoms in total. The number of nitro groups is 1. The highest BCUT2D eigenvalue weighted by Crippen LogP contribution is 2.38. The highest BCUT2D eigenvalue weighted by atomic mass is 19.4. The zero-order valence-corrected chi connectivity index (χ0v) is 17.8. The number of non-ortho nitro benzene ring substituents is 1. The van der Waals surface area contributed by atoms with Gasteiger partial charge in [-0.15, -0.1) is 0 Å². The molecule has 0 unspecified atom stereocenters. The lowest BCUT2D eigenvalue weighted by atomic mass is 10.1. The Kier molecular flexibility index (Phi) is 6.39. The molecule has 0 spiro atoms. The number of halogens is 7. The predicted molar refractivity (Wildman–Crippen MR) is 117 cm³/mol. The predicted octanol–water partition coefficient (Wildman–Crippen LogP) is 6.62. The van der Waals surface area contributed by atoms with Gasteiger partial charge in [0.05, 0.1) is 11.1 Å². The third kappa shape index (κ3) is 4.59. The SMILES string of the molecule is O=[N+]([O-])c1ccc(Cn2cc(/C=N\Nc3c(F)c(F)c(C(F)(F)F)c(F)c3F)c3ccccc32)cc1. The Balaban J connectivity index is 1.64. The van der Waals surface area contributed by atoms with E-state index in [1.165, 1.54) is 12.1 Å². The van der Waals surface area contributed by atoms with Crippen LogP contribution in [-0.2, 0) is 12.7 Å². The minimum atomic E-state index is -5.65. The first-order valence-corrected chi connectivity index (χ1v) is 10.0. The summed E-state index contributed by atoms with van der Waals surface area (Å²) in [4.78, 5) is 10.3. The summed E-state index contributed by atoms with van der Waals surface area (Å²) in [6, 6.07) is 12.7. The number of alkyl halides is 3. The van der Waals surface area contributed by atoms with Gasteiger partial charge in [0, 0.05) is 41.3 Å². The van der Waals surface area contributed by atoms with Crippen molar-refractivity contribution in [1.82, 2.24) is 4.57 Å². The topological polar surface area (TPSA) is 72.5 Å². The molecule has 3 aromatic carbocycles. The fourth-order valence-electron chi connectivity index (χ4n) is 3.57. The maximum absolute atomic E-state index is 14.1. The summed E-state index contributed by atoms with van der Waals surface area (Å²) in [7, 11) is 0. The number of anilines is 1. The minimum absolute atomic E-state index is 0.0781. The number of nitrogens with one attached hydrogen (secondary N) is 1. The molecule has 0 aliphatic carbocycles. The van der Waals surface area contributed by atoms with E-state index in [0.717, 1.165) is 11.8 Å². The summed E-state index contributed by atoms with van der Waals surface area (Å²) in [5.41, 5.74) is -0.735. The Labute approximate surface area is 197 Å². The van der Waals surface area contributed by atoms with Crippen LogP contribution in [0.5, 0.6) is 0 Å². The maximum Gasteiger partial charge on any atom is 0.422 e. The van der Waals surface area contributed by atoms with Crippen molar-refractivity contribution in [3.63, 3.8) is 0 Å². The number of hydrazone groups is 1. The Morgan fingerprint density at radius 1 is 0.944 bits per heavy atom. The van der Waals surface area contributed by atoms with Gasteiger partial charge in [0.25, 0.3) is 5.69 Å². The maximum atomic E-state index is 14.1. The first-order chi connectivity index (χ1) is 17.0. The molecule has 0 aliphatic rings. The van der Waals surface area contributed by atoms with Gasteiger partial charge in [-0.05, 0) is 11.6 Å². The second-order valence-electron chi connectivity index (χ2n) is 7.53. The van der Waals surface area contributed by atoms with Crippen molar-refractivity contribution in [2.24, 2.45) is 5.10 Å². The number of fused-ring (bicyclic) bond motifs is 1. The lowest BCUT2D eigenvalue weighted by molar-refractivity contribution is -0.384. The number of nitro benzene ring substituents is 1. The summed E-state index contributed by atoms with van der Waals surface area (Å²) >= 11 is 0. The molecule has 0 bridgehead atoms. The largest absolute Gasteiger partial charge is 0.422 e. The van der Waals surface area contributed by atoms with Crippen LogP contribution in [-0.4, -0.2) is 15.7 Å². The molecule has 1 N–H and O–H groups in total. The van der Waals surface area contributed by atoms with Gasteiger partial charge in [0.2, 0.25) is 0 Å². The van der Waals surface area contributed by atoms with Gasteiger partial charge < -0.3 is 4.57 Å². The van der Waals surface area contributed by atoms with E-state index < -0.39 is 45.6 Å². The fourth-order valence-corrected chi connectivity index (χ4v) is 3.57. The van der Waals surface area contributed by atoms with E-state index in [4.69, 9.17) is 0 Å². The van der Waals surface area contributed by atoms with Crippen molar-refractivity contribution in [2.75, 3.05) is 5.43 Å². The molecule has 1 aromatic heterocycles. The molecule has 0 saturated carbocycles. The van der Waals surface area contributed by atoms with E-state index in [-0.39, 0.29) is 5.69 Å². The van der Waals surface area contributed by atoms with Gasteiger partial charge in [0.1, 0.15) is 11.3 Å². The third-order valence-electron chi connectivity index (χ3n) is 5.25. The monoisotopic (exact) mass is 510 g/mol. The average molecular weight is 510 g/mol. The molecule has 0 amide bonds. The molecule has 1 heterocycles. The van der Waals surface area contributed by atoms with E-state index in [1.807, 2.05) is 0 Å². The number of rotatable bonds is 6. The molecule has 4 rings (SSSR count). The zero-order valence-electron chi connectivity index (χ0n) is 17.8. The Morgan fingerprint density at radius 2 is 1.56 bits per heavy atom. The standard InChI is InChI=1S/C23H13F7N4O2/c24-18-17(23(28,29)30)19(25)21(27)22(20(18)26)32-31-9-13-11-33(16-4-2-1-3-15(13)16)10-12-5-7-14(8-6-12)34(35)36/h1-9,11,32H,10H2/b31-9-. The van der Waals surface area contributed by atoms with Crippen LogP contribution in [0, 0.1) is 33.4 Å². The molecule has 13 heteroatoms. The number of nitrogens with zero attached hydrogens (tertiary/aromatic N) is 3. The van der Waals surface area contributed by atoms with Crippen molar-refractivity contribution < 1.29 is 35.7 Å². The summed E-state index contributed by atoms with van der Waals surface area (Å²) in [5.74, 6) is -9.75. The van der Waals surface area contributed by atoms with Gasteiger partial charge in [-0.3, -0.25) is 15.5 Å². The third-order valence-corrected chi connectivity index (χ3v) is 5.25. The van der Waals surface area contributed by atoms with Crippen LogP contribution in [0.15, 0.2) is 59.8 Å². The molecule has 186 valence electrons. The van der Waals surface area contributed by atoms with Crippen molar-refractivity contribution in [1.29, 1.82) is 0 Å². The van der Waals surface area contributed by atoms with E-state index >= 15 is 0 Å². The number of hydrogen-bond donors (Lipinski definition) is 1. The number of para-hydroxylation sites is 1. The van der Waals surface area contributed by atoms with Crippen molar-refractivity contribution >= 4 is 28.5 Å². The van der Waals surface area contributed by atoms with Gasteiger partial charge in [-0.1, -0.05) is 30.3 Å². The summed E-state index contributed by atoms with van der Waals surface area (Å²) in [5, 5.41) is 15.0.